The van der Waals surface area contributed by atoms with Gasteiger partial charge in [-0.3, -0.25) is 9.59 Å². The Morgan fingerprint density at radius 2 is 1.74 bits per heavy atom. The lowest BCUT2D eigenvalue weighted by molar-refractivity contribution is 0.101. The highest BCUT2D eigenvalue weighted by molar-refractivity contribution is 7.99. The molecule has 0 saturated heterocycles. The molecule has 2 heterocycles. The number of Topliss-reactive ketones (excluding diaryl/α,β-unsaturated/α-hetero) is 1. The van der Waals surface area contributed by atoms with Crippen molar-refractivity contribution >= 4 is 29.1 Å². The van der Waals surface area contributed by atoms with Crippen LogP contribution in [0.5, 0.6) is 0 Å². The van der Waals surface area contributed by atoms with Crippen molar-refractivity contribution < 1.29 is 14.0 Å². The van der Waals surface area contributed by atoms with Gasteiger partial charge in [-0.25, -0.2) is 0 Å². The molecular formula is C23H20N4O3S. The molecule has 0 saturated carbocycles. The molecule has 2 aromatic heterocycles. The predicted molar refractivity (Wildman–Crippen MR) is 119 cm³/mol. The summed E-state index contributed by atoms with van der Waals surface area (Å²) < 4.78 is 7.17. The average Bonchev–Trinajstić information content (AvgIpc) is 3.37. The topological polar surface area (TPSA) is 90.0 Å². The van der Waals surface area contributed by atoms with Crippen molar-refractivity contribution in [2.45, 2.75) is 12.1 Å². The standard InChI is InChI=1S/C23H20N4O3S/c1-15-19(12-13-30-15)21-25-26-23(27(21)2)31-14-20(28)16-8-10-18(11-9-16)24-22(29)17-6-4-3-5-7-17/h3-13H,14H2,1-2H3,(H,24,29). The molecule has 0 atom stereocenters. The summed E-state index contributed by atoms with van der Waals surface area (Å²) in [6.07, 6.45) is 1.61. The average molecular weight is 433 g/mol. The molecule has 0 radical (unpaired) electrons. The van der Waals surface area contributed by atoms with Gasteiger partial charge in [0.25, 0.3) is 5.91 Å². The second-order valence-electron chi connectivity index (χ2n) is 6.87. The summed E-state index contributed by atoms with van der Waals surface area (Å²) in [4.78, 5) is 24.8. The first kappa shape index (κ1) is 20.6. The summed E-state index contributed by atoms with van der Waals surface area (Å²) >= 11 is 1.33. The molecule has 0 unspecified atom stereocenters. The number of benzene rings is 2. The number of thioether (sulfide) groups is 1. The molecule has 1 amide bonds. The Hall–Kier alpha value is -3.65. The van der Waals surface area contributed by atoms with Crippen LogP contribution in [0.25, 0.3) is 11.4 Å². The van der Waals surface area contributed by atoms with Crippen LogP contribution in [-0.4, -0.2) is 32.2 Å². The zero-order valence-corrected chi connectivity index (χ0v) is 17.8. The Morgan fingerprint density at radius 1 is 1.00 bits per heavy atom. The fraction of sp³-hybridized carbons (Fsp3) is 0.130. The zero-order chi connectivity index (χ0) is 21.8. The molecule has 7 nitrogen and oxygen atoms in total. The molecule has 0 spiro atoms. The highest BCUT2D eigenvalue weighted by Gasteiger charge is 2.16. The van der Waals surface area contributed by atoms with Crippen molar-refractivity contribution in [1.29, 1.82) is 0 Å². The van der Waals surface area contributed by atoms with E-state index in [1.165, 1.54) is 11.8 Å². The Morgan fingerprint density at radius 3 is 2.42 bits per heavy atom. The second kappa shape index (κ2) is 9.01. The van der Waals surface area contributed by atoms with Crippen LogP contribution >= 0.6 is 11.8 Å². The van der Waals surface area contributed by atoms with Crippen molar-refractivity contribution in [2.75, 3.05) is 11.1 Å². The van der Waals surface area contributed by atoms with E-state index in [0.29, 0.717) is 27.8 Å². The van der Waals surface area contributed by atoms with Crippen LogP contribution < -0.4 is 5.32 Å². The lowest BCUT2D eigenvalue weighted by atomic mass is 10.1. The molecule has 0 fully saturated rings. The SMILES string of the molecule is Cc1occc1-c1nnc(SCC(=O)c2ccc(NC(=O)c3ccccc3)cc2)n1C. The van der Waals surface area contributed by atoms with Crippen molar-refractivity contribution in [3.05, 3.63) is 83.8 Å². The van der Waals surface area contributed by atoms with Gasteiger partial charge in [-0.2, -0.15) is 0 Å². The molecule has 0 aliphatic heterocycles. The van der Waals surface area contributed by atoms with Crippen molar-refractivity contribution in [3.8, 4) is 11.4 Å². The number of anilines is 1. The molecule has 0 aliphatic rings. The molecule has 4 aromatic rings. The smallest absolute Gasteiger partial charge is 0.255 e. The van der Waals surface area contributed by atoms with Crippen molar-refractivity contribution in [3.63, 3.8) is 0 Å². The van der Waals surface area contributed by atoms with Crippen molar-refractivity contribution in [1.82, 2.24) is 14.8 Å². The predicted octanol–water partition coefficient (Wildman–Crippen LogP) is 4.61. The molecule has 31 heavy (non-hydrogen) atoms. The highest BCUT2D eigenvalue weighted by atomic mass is 32.2. The lowest BCUT2D eigenvalue weighted by Crippen LogP contribution is -2.12. The summed E-state index contributed by atoms with van der Waals surface area (Å²) in [5.41, 5.74) is 2.65. The monoisotopic (exact) mass is 432 g/mol. The number of nitrogens with zero attached hydrogens (tertiary/aromatic N) is 3. The van der Waals surface area contributed by atoms with E-state index < -0.39 is 0 Å². The van der Waals surface area contributed by atoms with Crippen molar-refractivity contribution in [2.24, 2.45) is 7.05 Å². The van der Waals surface area contributed by atoms with E-state index in [2.05, 4.69) is 15.5 Å². The number of amides is 1. The van der Waals surface area contributed by atoms with Crippen LogP contribution in [0.15, 0.2) is 76.5 Å². The Bertz CT molecular complexity index is 1210. The number of aryl methyl sites for hydroxylation is 1. The quantitative estimate of drug-likeness (QED) is 0.339. The molecule has 1 N–H and O–H groups in total. The summed E-state index contributed by atoms with van der Waals surface area (Å²) in [6.45, 7) is 1.87. The maximum atomic E-state index is 12.6. The summed E-state index contributed by atoms with van der Waals surface area (Å²) in [6, 6.07) is 17.7. The van der Waals surface area contributed by atoms with E-state index in [1.54, 1.807) is 42.7 Å². The van der Waals surface area contributed by atoms with Gasteiger partial charge in [0.15, 0.2) is 16.8 Å². The maximum Gasteiger partial charge on any atom is 0.255 e. The number of hydrogen-bond donors (Lipinski definition) is 1. The van der Waals surface area contributed by atoms with E-state index >= 15 is 0 Å². The molecule has 2 aromatic carbocycles. The molecule has 156 valence electrons. The lowest BCUT2D eigenvalue weighted by Gasteiger charge is -2.07. The first-order chi connectivity index (χ1) is 15.0. The van der Waals surface area contributed by atoms with Gasteiger partial charge in [0.05, 0.1) is 17.6 Å². The van der Waals surface area contributed by atoms with Crippen LogP contribution in [0, 0.1) is 6.92 Å². The second-order valence-corrected chi connectivity index (χ2v) is 7.81. The molecule has 0 aliphatic carbocycles. The van der Waals surface area contributed by atoms with E-state index in [4.69, 9.17) is 4.42 Å². The highest BCUT2D eigenvalue weighted by Crippen LogP contribution is 2.26. The minimum Gasteiger partial charge on any atom is -0.469 e. The normalized spacial score (nSPS) is 10.8. The van der Waals surface area contributed by atoms with Gasteiger partial charge in [0.2, 0.25) is 0 Å². The first-order valence-electron chi connectivity index (χ1n) is 9.59. The van der Waals surface area contributed by atoms with Gasteiger partial charge >= 0.3 is 0 Å². The zero-order valence-electron chi connectivity index (χ0n) is 17.0. The maximum absolute atomic E-state index is 12.6. The number of hydrogen-bond acceptors (Lipinski definition) is 6. The van der Waals surface area contributed by atoms with Gasteiger partial charge in [-0.05, 0) is 49.4 Å². The number of carbonyl (C=O) groups excluding carboxylic acids is 2. The van der Waals surface area contributed by atoms with Gasteiger partial charge < -0.3 is 14.3 Å². The summed E-state index contributed by atoms with van der Waals surface area (Å²) in [5.74, 6) is 1.46. The Kier molecular flexibility index (Phi) is 5.99. The van der Waals surface area contributed by atoms with E-state index in [1.807, 2.05) is 42.8 Å². The largest absolute Gasteiger partial charge is 0.469 e. The van der Waals surface area contributed by atoms with Gasteiger partial charge in [0.1, 0.15) is 5.76 Å². The molecular weight excluding hydrogens is 412 g/mol. The minimum absolute atomic E-state index is 0.0324. The van der Waals surface area contributed by atoms with Crippen LogP contribution in [0.3, 0.4) is 0 Å². The van der Waals surface area contributed by atoms with Crippen LogP contribution in [0.1, 0.15) is 26.5 Å². The third-order valence-corrected chi connectivity index (χ3v) is 5.79. The molecule has 8 heteroatoms. The molecule has 0 bridgehead atoms. The minimum atomic E-state index is -0.193. The number of furan rings is 1. The number of aromatic nitrogens is 3. The Labute approximate surface area is 183 Å². The number of ketones is 1. The number of carbonyl (C=O) groups is 2. The van der Waals surface area contributed by atoms with E-state index in [0.717, 1.165) is 11.3 Å². The van der Waals surface area contributed by atoms with E-state index in [-0.39, 0.29) is 17.4 Å². The summed E-state index contributed by atoms with van der Waals surface area (Å²) in [7, 11) is 1.86. The third-order valence-electron chi connectivity index (χ3n) is 4.77. The van der Waals surface area contributed by atoms with Gasteiger partial charge in [-0.15, -0.1) is 10.2 Å². The van der Waals surface area contributed by atoms with Crippen LogP contribution in [0.2, 0.25) is 0 Å². The first-order valence-corrected chi connectivity index (χ1v) is 10.6. The summed E-state index contributed by atoms with van der Waals surface area (Å²) in [5, 5.41) is 11.9. The van der Waals surface area contributed by atoms with Crippen LogP contribution in [-0.2, 0) is 7.05 Å². The van der Waals surface area contributed by atoms with Gasteiger partial charge in [0, 0.05) is 23.9 Å². The number of rotatable bonds is 7. The van der Waals surface area contributed by atoms with Crippen LogP contribution in [0.4, 0.5) is 5.69 Å². The fourth-order valence-electron chi connectivity index (χ4n) is 3.04. The third kappa shape index (κ3) is 4.59. The fourth-order valence-corrected chi connectivity index (χ4v) is 3.84. The Balaban J connectivity index is 1.37. The molecule has 4 rings (SSSR count). The van der Waals surface area contributed by atoms with E-state index in [9.17, 15) is 9.59 Å². The van der Waals surface area contributed by atoms with Gasteiger partial charge in [-0.1, -0.05) is 30.0 Å². The number of nitrogens with one attached hydrogen (secondary N) is 1.